The van der Waals surface area contributed by atoms with Gasteiger partial charge in [-0.2, -0.15) is 0 Å². The van der Waals surface area contributed by atoms with Crippen molar-refractivity contribution in [2.24, 2.45) is 0 Å². The highest BCUT2D eigenvalue weighted by Gasteiger charge is 2.26. The number of hydrogen-bond acceptors (Lipinski definition) is 2. The summed E-state index contributed by atoms with van der Waals surface area (Å²) in [6.45, 7) is 6.53. The molecular weight excluding hydrogens is 139 g/mol. The maximum absolute atomic E-state index is 5.50. The predicted molar refractivity (Wildman–Crippen MR) is 40.4 cm³/mol. The standard InChI is InChI=1S/C5H11OPS/c1-4-5(2)8-7(3)6-4/h4-5H,1-3H3. The Labute approximate surface area is 55.8 Å². The van der Waals surface area contributed by atoms with Crippen molar-refractivity contribution >= 4 is 18.7 Å². The summed E-state index contributed by atoms with van der Waals surface area (Å²) in [6.07, 6.45) is 0.483. The van der Waals surface area contributed by atoms with E-state index < -0.39 is 0 Å². The van der Waals surface area contributed by atoms with Crippen LogP contribution in [-0.2, 0) is 4.52 Å². The zero-order chi connectivity index (χ0) is 6.15. The molecule has 0 bridgehead atoms. The van der Waals surface area contributed by atoms with E-state index in [2.05, 4.69) is 20.5 Å². The SMILES string of the molecule is CC1OP(C)SC1C. The van der Waals surface area contributed by atoms with E-state index >= 15 is 0 Å². The normalized spacial score (nSPS) is 47.6. The minimum atomic E-state index is -0.127. The first-order chi connectivity index (χ1) is 3.70. The molecule has 8 heavy (non-hydrogen) atoms. The van der Waals surface area contributed by atoms with E-state index in [-0.39, 0.29) is 7.35 Å². The minimum absolute atomic E-state index is 0.127. The van der Waals surface area contributed by atoms with Gasteiger partial charge in [-0.3, -0.25) is 0 Å². The zero-order valence-electron chi connectivity index (χ0n) is 5.42. The third-order valence-electron chi connectivity index (χ3n) is 1.29. The lowest BCUT2D eigenvalue weighted by molar-refractivity contribution is 0.266. The average molecular weight is 150 g/mol. The molecule has 1 fully saturated rings. The van der Waals surface area contributed by atoms with E-state index in [1.54, 1.807) is 0 Å². The summed E-state index contributed by atoms with van der Waals surface area (Å²) in [5, 5.41) is 0.714. The molecule has 1 rings (SSSR count). The lowest BCUT2D eigenvalue weighted by Crippen LogP contribution is -2.09. The Morgan fingerprint density at radius 1 is 1.50 bits per heavy atom. The summed E-state index contributed by atoms with van der Waals surface area (Å²) in [5.41, 5.74) is 0. The molecule has 0 aromatic carbocycles. The maximum Gasteiger partial charge on any atom is 0.0863 e. The van der Waals surface area contributed by atoms with Crippen molar-refractivity contribution < 1.29 is 4.52 Å². The van der Waals surface area contributed by atoms with Crippen LogP contribution in [0.1, 0.15) is 13.8 Å². The van der Waals surface area contributed by atoms with Crippen molar-refractivity contribution in [1.29, 1.82) is 0 Å². The first-order valence-electron chi connectivity index (χ1n) is 2.77. The fourth-order valence-electron chi connectivity index (χ4n) is 0.665. The van der Waals surface area contributed by atoms with Gasteiger partial charge in [0.2, 0.25) is 0 Å². The predicted octanol–water partition coefficient (Wildman–Crippen LogP) is 2.47. The Balaban J connectivity index is 2.39. The second-order valence-corrected chi connectivity index (χ2v) is 6.28. The van der Waals surface area contributed by atoms with E-state index in [4.69, 9.17) is 4.52 Å². The molecule has 0 saturated carbocycles. The third kappa shape index (κ3) is 1.37. The van der Waals surface area contributed by atoms with E-state index in [1.807, 2.05) is 11.4 Å². The van der Waals surface area contributed by atoms with Gasteiger partial charge in [-0.05, 0) is 13.6 Å². The highest BCUT2D eigenvalue weighted by atomic mass is 32.7. The molecule has 0 aliphatic carbocycles. The van der Waals surface area contributed by atoms with Gasteiger partial charge >= 0.3 is 0 Å². The molecule has 1 aliphatic heterocycles. The Morgan fingerprint density at radius 2 is 2.12 bits per heavy atom. The van der Waals surface area contributed by atoms with E-state index in [0.29, 0.717) is 11.4 Å². The van der Waals surface area contributed by atoms with Crippen LogP contribution in [0.4, 0.5) is 0 Å². The van der Waals surface area contributed by atoms with Crippen LogP contribution in [0.3, 0.4) is 0 Å². The zero-order valence-corrected chi connectivity index (χ0v) is 7.13. The van der Waals surface area contributed by atoms with Crippen molar-refractivity contribution in [2.45, 2.75) is 25.2 Å². The van der Waals surface area contributed by atoms with Crippen LogP contribution in [0.2, 0.25) is 0 Å². The monoisotopic (exact) mass is 150 g/mol. The van der Waals surface area contributed by atoms with E-state index in [0.717, 1.165) is 0 Å². The second kappa shape index (κ2) is 2.55. The van der Waals surface area contributed by atoms with Gasteiger partial charge in [-0.15, -0.1) is 11.4 Å². The molecule has 48 valence electrons. The fourth-order valence-corrected chi connectivity index (χ4v) is 4.62. The summed E-state index contributed by atoms with van der Waals surface area (Å²) in [6, 6.07) is 0. The van der Waals surface area contributed by atoms with Gasteiger partial charge < -0.3 is 4.52 Å². The molecule has 0 N–H and O–H groups in total. The molecule has 1 saturated heterocycles. The molecule has 3 heteroatoms. The van der Waals surface area contributed by atoms with E-state index in [9.17, 15) is 0 Å². The van der Waals surface area contributed by atoms with Gasteiger partial charge in [-0.1, -0.05) is 6.92 Å². The molecule has 1 aliphatic rings. The van der Waals surface area contributed by atoms with Gasteiger partial charge in [0.05, 0.1) is 13.5 Å². The Morgan fingerprint density at radius 3 is 2.25 bits per heavy atom. The Kier molecular flexibility index (Phi) is 2.19. The quantitative estimate of drug-likeness (QED) is 0.490. The van der Waals surface area contributed by atoms with Gasteiger partial charge in [0.15, 0.2) is 0 Å². The molecule has 0 spiro atoms. The van der Waals surface area contributed by atoms with Crippen molar-refractivity contribution in [2.75, 3.05) is 6.66 Å². The molecular formula is C5H11OPS. The summed E-state index contributed by atoms with van der Waals surface area (Å²) in [5.74, 6) is 0. The molecule has 0 radical (unpaired) electrons. The Hall–Kier alpha value is 0.740. The topological polar surface area (TPSA) is 9.23 Å². The maximum atomic E-state index is 5.50. The highest BCUT2D eigenvalue weighted by Crippen LogP contribution is 2.57. The smallest absolute Gasteiger partial charge is 0.0863 e. The molecule has 1 nitrogen and oxygen atoms in total. The van der Waals surface area contributed by atoms with Crippen LogP contribution in [0.25, 0.3) is 0 Å². The van der Waals surface area contributed by atoms with Crippen molar-refractivity contribution in [3.05, 3.63) is 0 Å². The van der Waals surface area contributed by atoms with Crippen LogP contribution in [-0.4, -0.2) is 18.0 Å². The van der Waals surface area contributed by atoms with Crippen molar-refractivity contribution in [1.82, 2.24) is 0 Å². The molecule has 3 unspecified atom stereocenters. The molecule has 0 amide bonds. The van der Waals surface area contributed by atoms with Crippen LogP contribution < -0.4 is 0 Å². The largest absolute Gasteiger partial charge is 0.344 e. The van der Waals surface area contributed by atoms with Gasteiger partial charge in [0.1, 0.15) is 0 Å². The first-order valence-corrected chi connectivity index (χ1v) is 5.96. The summed E-state index contributed by atoms with van der Waals surface area (Å²) < 4.78 is 5.50. The molecule has 1 heterocycles. The van der Waals surface area contributed by atoms with Gasteiger partial charge in [0.25, 0.3) is 0 Å². The fraction of sp³-hybridized carbons (Fsp3) is 1.00. The second-order valence-electron chi connectivity index (χ2n) is 2.06. The van der Waals surface area contributed by atoms with Gasteiger partial charge in [0, 0.05) is 5.25 Å². The molecule has 0 aromatic heterocycles. The van der Waals surface area contributed by atoms with Crippen LogP contribution in [0, 0.1) is 0 Å². The molecule has 3 atom stereocenters. The highest BCUT2D eigenvalue weighted by molar-refractivity contribution is 8.54. The summed E-state index contributed by atoms with van der Waals surface area (Å²) in [4.78, 5) is 0. The molecule has 0 aromatic rings. The lowest BCUT2D eigenvalue weighted by atomic mass is 10.3. The lowest BCUT2D eigenvalue weighted by Gasteiger charge is -2.03. The summed E-state index contributed by atoms with van der Waals surface area (Å²) in [7, 11) is -0.127. The van der Waals surface area contributed by atoms with Crippen molar-refractivity contribution in [3.63, 3.8) is 0 Å². The van der Waals surface area contributed by atoms with Crippen LogP contribution >= 0.6 is 18.7 Å². The Bertz CT molecular complexity index is 78.5. The van der Waals surface area contributed by atoms with Gasteiger partial charge in [-0.25, -0.2) is 0 Å². The van der Waals surface area contributed by atoms with Crippen LogP contribution in [0.15, 0.2) is 0 Å². The summed E-state index contributed by atoms with van der Waals surface area (Å²) >= 11 is 1.97. The van der Waals surface area contributed by atoms with E-state index in [1.165, 1.54) is 0 Å². The number of hydrogen-bond donors (Lipinski definition) is 0. The minimum Gasteiger partial charge on any atom is -0.344 e. The average Bonchev–Trinajstić information content (AvgIpc) is 1.85. The number of rotatable bonds is 0. The van der Waals surface area contributed by atoms with Crippen LogP contribution in [0.5, 0.6) is 0 Å². The van der Waals surface area contributed by atoms with Crippen molar-refractivity contribution in [3.8, 4) is 0 Å². The third-order valence-corrected chi connectivity index (χ3v) is 5.08. The first kappa shape index (κ1) is 6.85.